The van der Waals surface area contributed by atoms with Crippen LogP contribution in [0.25, 0.3) is 22.3 Å². The first-order valence-corrected chi connectivity index (χ1v) is 14.4. The van der Waals surface area contributed by atoms with Crippen LogP contribution < -0.4 is 10.9 Å². The molecule has 1 aliphatic carbocycles. The van der Waals surface area contributed by atoms with Gasteiger partial charge in [-0.05, 0) is 61.4 Å². The van der Waals surface area contributed by atoms with E-state index in [1.54, 1.807) is 24.5 Å². The van der Waals surface area contributed by atoms with E-state index in [1.165, 1.54) is 6.07 Å². The van der Waals surface area contributed by atoms with Crippen LogP contribution in [0.1, 0.15) is 70.3 Å². The van der Waals surface area contributed by atoms with Gasteiger partial charge in [-0.3, -0.25) is 4.79 Å². The number of aryl methyl sites for hydroxylation is 2. The number of rotatable bonds is 4. The summed E-state index contributed by atoms with van der Waals surface area (Å²) in [7, 11) is 0. The molecule has 2 atom stereocenters. The number of aliphatic hydroxyl groups is 1. The molecule has 3 aliphatic rings. The zero-order chi connectivity index (χ0) is 30.2. The molecule has 2 N–H and O–H groups in total. The predicted octanol–water partition coefficient (Wildman–Crippen LogP) is 4.75. The second-order valence-corrected chi connectivity index (χ2v) is 11.6. The Balaban J connectivity index is 1.35. The zero-order valence-electron chi connectivity index (χ0n) is 24.0. The van der Waals surface area contributed by atoms with Crippen molar-refractivity contribution in [2.24, 2.45) is 0 Å². The highest BCUT2D eigenvalue weighted by atomic mass is 19.1. The lowest BCUT2D eigenvalue weighted by Gasteiger charge is -2.31. The van der Waals surface area contributed by atoms with E-state index in [2.05, 4.69) is 5.32 Å². The van der Waals surface area contributed by atoms with Crippen molar-refractivity contribution in [2.45, 2.75) is 71.4 Å². The van der Waals surface area contributed by atoms with Crippen molar-refractivity contribution in [1.82, 2.24) is 14.9 Å². The van der Waals surface area contributed by atoms with E-state index in [4.69, 9.17) is 14.5 Å². The number of nitrogens with zero attached hydrogens (tertiary/aromatic N) is 2. The summed E-state index contributed by atoms with van der Waals surface area (Å²) in [5.41, 5.74) is 4.20. The molecule has 0 unspecified atom stereocenters. The van der Waals surface area contributed by atoms with Crippen LogP contribution in [0.15, 0.2) is 41.2 Å². The second-order valence-electron chi connectivity index (χ2n) is 11.6. The molecule has 9 nitrogen and oxygen atoms in total. The smallest absolute Gasteiger partial charge is 0.407 e. The molecule has 2 aliphatic heterocycles. The van der Waals surface area contributed by atoms with Gasteiger partial charge in [0.25, 0.3) is 5.56 Å². The molecule has 7 rings (SSSR count). The molecule has 4 heterocycles. The normalized spacial score (nSPS) is 19.8. The molecule has 0 radical (unpaired) electrons. The Morgan fingerprint density at radius 2 is 1.95 bits per heavy atom. The first-order chi connectivity index (χ1) is 20.6. The van der Waals surface area contributed by atoms with Gasteiger partial charge in [-0.15, -0.1) is 0 Å². The fraction of sp³-hybridized carbons (Fsp3) is 0.333. The van der Waals surface area contributed by atoms with Crippen molar-refractivity contribution in [2.75, 3.05) is 0 Å². The lowest BCUT2D eigenvalue weighted by atomic mass is 9.81. The minimum absolute atomic E-state index is 0.0233. The first-order valence-electron chi connectivity index (χ1n) is 14.4. The standard InChI is InChI=1S/C33H30FN3O6/c1-4-33(41)22-11-26-29-20(13-37(26)30(38)21(22)15-42-31(33)39)28-24(36-32(40)43-14-18-7-5-16(2)6-8-18)10-9-19-17(3)23(34)12-25(35-29)27(19)28/h5-8,11-12,24,41H,4,9-10,13-15H2,1-3H3,(H,36,40)/t24-,33-/m0/s1. The number of pyridine rings is 2. The molecule has 0 spiro atoms. The zero-order valence-corrected chi connectivity index (χ0v) is 24.0. The largest absolute Gasteiger partial charge is 0.458 e. The number of carbonyl (C=O) groups excluding carboxylic acids is 2. The summed E-state index contributed by atoms with van der Waals surface area (Å²) in [6.45, 7) is 5.40. The number of hydrogen-bond donors (Lipinski definition) is 2. The van der Waals surface area contributed by atoms with Crippen molar-refractivity contribution in [3.63, 3.8) is 0 Å². The summed E-state index contributed by atoms with van der Waals surface area (Å²) >= 11 is 0. The van der Waals surface area contributed by atoms with E-state index in [0.717, 1.165) is 33.2 Å². The van der Waals surface area contributed by atoms with Crippen molar-refractivity contribution in [1.29, 1.82) is 0 Å². The van der Waals surface area contributed by atoms with Gasteiger partial charge in [-0.25, -0.2) is 19.0 Å². The highest BCUT2D eigenvalue weighted by Crippen LogP contribution is 2.46. The van der Waals surface area contributed by atoms with E-state index in [-0.39, 0.29) is 48.7 Å². The van der Waals surface area contributed by atoms with Gasteiger partial charge < -0.3 is 24.5 Å². The first kappa shape index (κ1) is 27.3. The maximum atomic E-state index is 15.1. The molecule has 220 valence electrons. The van der Waals surface area contributed by atoms with Gasteiger partial charge in [0.15, 0.2) is 5.60 Å². The number of hydrogen-bond acceptors (Lipinski definition) is 7. The van der Waals surface area contributed by atoms with E-state index >= 15 is 4.39 Å². The number of carbonyl (C=O) groups is 2. The molecule has 0 fully saturated rings. The van der Waals surface area contributed by atoms with E-state index in [0.29, 0.717) is 35.3 Å². The monoisotopic (exact) mass is 583 g/mol. The van der Waals surface area contributed by atoms with Gasteiger partial charge in [0, 0.05) is 22.6 Å². The molecular formula is C33H30FN3O6. The molecule has 4 aromatic rings. The topological polar surface area (TPSA) is 120 Å². The summed E-state index contributed by atoms with van der Waals surface area (Å²) in [5, 5.41) is 15.0. The Kier molecular flexibility index (Phi) is 6.18. The fourth-order valence-corrected chi connectivity index (χ4v) is 6.72. The summed E-state index contributed by atoms with van der Waals surface area (Å²) in [6.07, 6.45) is 0.469. The number of nitrogens with one attached hydrogen (secondary N) is 1. The van der Waals surface area contributed by atoms with Gasteiger partial charge in [0.1, 0.15) is 19.0 Å². The SMILES string of the molecule is CC[C@@]1(O)C(=O)OCc2c1cc1n(c2=O)Cc2c-1nc1cc(F)c(C)c3c1c2[C@@H](NC(=O)OCc1ccc(C)cc1)CC3. The number of amides is 1. The van der Waals surface area contributed by atoms with Crippen LogP contribution >= 0.6 is 0 Å². The average molecular weight is 584 g/mol. The van der Waals surface area contributed by atoms with E-state index in [9.17, 15) is 19.5 Å². The Morgan fingerprint density at radius 3 is 2.70 bits per heavy atom. The summed E-state index contributed by atoms with van der Waals surface area (Å²) in [4.78, 5) is 44.2. The molecule has 10 heteroatoms. The molecule has 0 saturated carbocycles. The summed E-state index contributed by atoms with van der Waals surface area (Å²) < 4.78 is 27.4. The van der Waals surface area contributed by atoms with Crippen molar-refractivity contribution >= 4 is 23.0 Å². The Hall–Kier alpha value is -4.57. The van der Waals surface area contributed by atoms with Gasteiger partial charge >= 0.3 is 12.1 Å². The van der Waals surface area contributed by atoms with Crippen molar-refractivity contribution in [3.05, 3.63) is 97.1 Å². The van der Waals surface area contributed by atoms with Gasteiger partial charge in [0.2, 0.25) is 0 Å². The minimum Gasteiger partial charge on any atom is -0.458 e. The molecule has 2 aromatic heterocycles. The third-order valence-electron chi connectivity index (χ3n) is 9.16. The highest BCUT2D eigenvalue weighted by Gasteiger charge is 2.46. The van der Waals surface area contributed by atoms with Crippen LogP contribution in [-0.2, 0) is 46.0 Å². The molecule has 1 amide bonds. The Labute approximate surface area is 246 Å². The van der Waals surface area contributed by atoms with Gasteiger partial charge in [-0.2, -0.15) is 0 Å². The van der Waals surface area contributed by atoms with Crippen LogP contribution in [0.2, 0.25) is 0 Å². The maximum Gasteiger partial charge on any atom is 0.407 e. The number of fused-ring (bicyclic) bond motifs is 5. The molecule has 0 saturated heterocycles. The van der Waals surface area contributed by atoms with Gasteiger partial charge in [-0.1, -0.05) is 36.8 Å². The van der Waals surface area contributed by atoms with Gasteiger partial charge in [0.05, 0.1) is 35.1 Å². The van der Waals surface area contributed by atoms with Crippen molar-refractivity contribution in [3.8, 4) is 11.4 Å². The molecule has 0 bridgehead atoms. The number of esters is 1. The summed E-state index contributed by atoms with van der Waals surface area (Å²) in [6, 6.07) is 10.3. The second kappa shape index (κ2) is 9.74. The van der Waals surface area contributed by atoms with Crippen LogP contribution in [-0.4, -0.2) is 26.7 Å². The predicted molar refractivity (Wildman–Crippen MR) is 155 cm³/mol. The number of halogens is 1. The van der Waals surface area contributed by atoms with Crippen LogP contribution in [0, 0.1) is 19.7 Å². The average Bonchev–Trinajstić information content (AvgIpc) is 3.37. The fourth-order valence-electron chi connectivity index (χ4n) is 6.72. The van der Waals surface area contributed by atoms with Crippen LogP contribution in [0.5, 0.6) is 0 Å². The molecular weight excluding hydrogens is 553 g/mol. The maximum absolute atomic E-state index is 15.1. The lowest BCUT2D eigenvalue weighted by molar-refractivity contribution is -0.172. The highest BCUT2D eigenvalue weighted by molar-refractivity contribution is 5.93. The number of aromatic nitrogens is 2. The minimum atomic E-state index is -1.96. The Bertz CT molecular complexity index is 1930. The number of benzene rings is 2. The molecule has 43 heavy (non-hydrogen) atoms. The third kappa shape index (κ3) is 4.07. The Morgan fingerprint density at radius 1 is 1.19 bits per heavy atom. The summed E-state index contributed by atoms with van der Waals surface area (Å²) in [5.74, 6) is -1.18. The van der Waals surface area contributed by atoms with E-state index < -0.39 is 23.7 Å². The van der Waals surface area contributed by atoms with Crippen molar-refractivity contribution < 1.29 is 28.6 Å². The number of cyclic esters (lactones) is 1. The van der Waals surface area contributed by atoms with Crippen LogP contribution in [0.4, 0.5) is 9.18 Å². The van der Waals surface area contributed by atoms with Crippen LogP contribution in [0.3, 0.4) is 0 Å². The van der Waals surface area contributed by atoms with E-state index in [1.807, 2.05) is 31.2 Å². The third-order valence-corrected chi connectivity index (χ3v) is 9.16. The number of ether oxygens (including phenoxy) is 2. The lowest BCUT2D eigenvalue weighted by Crippen LogP contribution is -2.44. The number of alkyl carbamates (subject to hydrolysis) is 1. The quantitative estimate of drug-likeness (QED) is 0.293. The molecule has 2 aromatic carbocycles.